The minimum atomic E-state index is -0.321. The first-order valence-electron chi connectivity index (χ1n) is 9.64. The van der Waals surface area contributed by atoms with E-state index in [1.165, 1.54) is 12.1 Å². The van der Waals surface area contributed by atoms with Crippen LogP contribution in [0, 0.1) is 11.7 Å². The molecule has 150 valence electrons. The highest BCUT2D eigenvalue weighted by molar-refractivity contribution is 7.10. The van der Waals surface area contributed by atoms with Gasteiger partial charge in [0.05, 0.1) is 6.04 Å². The number of rotatable bonds is 6. The molecule has 3 aromatic rings. The summed E-state index contributed by atoms with van der Waals surface area (Å²) in [5, 5.41) is 5.25. The fourth-order valence-electron chi connectivity index (χ4n) is 3.50. The minimum Gasteiger partial charge on any atom is -0.457 e. The van der Waals surface area contributed by atoms with Crippen LogP contribution in [0.2, 0.25) is 0 Å². The molecule has 0 spiro atoms. The summed E-state index contributed by atoms with van der Waals surface area (Å²) in [6, 6.07) is 16.9. The predicted octanol–water partition coefficient (Wildman–Crippen LogP) is 5.58. The van der Waals surface area contributed by atoms with E-state index in [0.29, 0.717) is 23.0 Å². The van der Waals surface area contributed by atoms with Crippen LogP contribution in [0.5, 0.6) is 11.5 Å². The highest BCUT2D eigenvalue weighted by Gasteiger charge is 2.28. The van der Waals surface area contributed by atoms with Gasteiger partial charge in [-0.15, -0.1) is 11.3 Å². The van der Waals surface area contributed by atoms with Gasteiger partial charge in [-0.2, -0.15) is 0 Å². The Morgan fingerprint density at radius 1 is 1.07 bits per heavy atom. The van der Waals surface area contributed by atoms with Crippen LogP contribution in [0.25, 0.3) is 0 Å². The summed E-state index contributed by atoms with van der Waals surface area (Å²) in [7, 11) is 0. The summed E-state index contributed by atoms with van der Waals surface area (Å²) in [6.45, 7) is 1.45. The molecule has 1 aliphatic rings. The number of hydrogen-bond donors (Lipinski definition) is 1. The van der Waals surface area contributed by atoms with Crippen molar-refractivity contribution < 1.29 is 18.7 Å². The number of carbonyl (C=O) groups is 1. The Labute approximate surface area is 173 Å². The van der Waals surface area contributed by atoms with Gasteiger partial charge in [0.2, 0.25) is 0 Å². The number of amides is 1. The third-order valence-corrected chi connectivity index (χ3v) is 5.97. The van der Waals surface area contributed by atoms with Gasteiger partial charge in [0.25, 0.3) is 5.91 Å². The van der Waals surface area contributed by atoms with Crippen LogP contribution in [0.1, 0.15) is 34.1 Å². The fraction of sp³-hybridized carbons (Fsp3) is 0.261. The van der Waals surface area contributed by atoms with E-state index in [2.05, 4.69) is 11.4 Å². The molecule has 1 N–H and O–H groups in total. The van der Waals surface area contributed by atoms with E-state index >= 15 is 0 Å². The summed E-state index contributed by atoms with van der Waals surface area (Å²) in [5.74, 6) is 0.938. The zero-order chi connectivity index (χ0) is 20.1. The maximum absolute atomic E-state index is 13.1. The van der Waals surface area contributed by atoms with Crippen LogP contribution in [-0.4, -0.2) is 19.1 Å². The number of halogens is 1. The van der Waals surface area contributed by atoms with Gasteiger partial charge in [-0.25, -0.2) is 4.39 Å². The van der Waals surface area contributed by atoms with Gasteiger partial charge in [0.15, 0.2) is 0 Å². The lowest BCUT2D eigenvalue weighted by molar-refractivity contribution is 0.0518. The second-order valence-electron chi connectivity index (χ2n) is 7.00. The molecular weight excluding hydrogens is 389 g/mol. The highest BCUT2D eigenvalue weighted by Crippen LogP contribution is 2.33. The van der Waals surface area contributed by atoms with E-state index in [-0.39, 0.29) is 17.8 Å². The summed E-state index contributed by atoms with van der Waals surface area (Å²) in [5.41, 5.74) is 0.526. The lowest BCUT2D eigenvalue weighted by Crippen LogP contribution is -2.35. The van der Waals surface area contributed by atoms with Gasteiger partial charge >= 0.3 is 0 Å². The number of ether oxygens (including phenoxy) is 2. The summed E-state index contributed by atoms with van der Waals surface area (Å²) in [4.78, 5) is 14.2. The predicted molar refractivity (Wildman–Crippen MR) is 111 cm³/mol. The Bertz CT molecular complexity index is 937. The lowest BCUT2D eigenvalue weighted by Gasteiger charge is -2.30. The molecule has 0 bridgehead atoms. The molecule has 1 aliphatic heterocycles. The molecule has 1 fully saturated rings. The molecule has 29 heavy (non-hydrogen) atoms. The molecule has 0 radical (unpaired) electrons. The number of benzene rings is 2. The SMILES string of the molecule is O=C(NC(c1cccs1)C1CCOCC1)c1cccc(Oc2ccc(F)cc2)c1. The van der Waals surface area contributed by atoms with E-state index in [1.807, 2.05) is 11.4 Å². The molecule has 6 heteroatoms. The molecule has 1 unspecified atom stereocenters. The first-order valence-corrected chi connectivity index (χ1v) is 10.5. The van der Waals surface area contributed by atoms with Crippen molar-refractivity contribution in [2.24, 2.45) is 5.92 Å². The van der Waals surface area contributed by atoms with Crippen molar-refractivity contribution in [2.75, 3.05) is 13.2 Å². The third kappa shape index (κ3) is 5.02. The lowest BCUT2D eigenvalue weighted by atomic mass is 9.90. The van der Waals surface area contributed by atoms with Crippen molar-refractivity contribution in [1.82, 2.24) is 5.32 Å². The molecule has 1 amide bonds. The molecule has 2 aromatic carbocycles. The highest BCUT2D eigenvalue weighted by atomic mass is 32.1. The first-order chi connectivity index (χ1) is 14.2. The van der Waals surface area contributed by atoms with Crippen LogP contribution in [0.4, 0.5) is 4.39 Å². The molecule has 0 aliphatic carbocycles. The third-order valence-electron chi connectivity index (χ3n) is 5.02. The number of carbonyl (C=O) groups excluding carboxylic acids is 1. The summed E-state index contributed by atoms with van der Waals surface area (Å²) >= 11 is 1.66. The average Bonchev–Trinajstić information content (AvgIpc) is 3.29. The van der Waals surface area contributed by atoms with Gasteiger partial charge in [-0.1, -0.05) is 12.1 Å². The van der Waals surface area contributed by atoms with Crippen LogP contribution >= 0.6 is 11.3 Å². The zero-order valence-electron chi connectivity index (χ0n) is 15.8. The standard InChI is InChI=1S/C23H22FNO3S/c24-18-6-8-19(9-7-18)28-20-4-1-3-17(15-20)23(26)25-22(21-5-2-14-29-21)16-10-12-27-13-11-16/h1-9,14-16,22H,10-13H2,(H,25,26). The molecule has 1 saturated heterocycles. The van der Waals surface area contributed by atoms with Crippen molar-refractivity contribution in [1.29, 1.82) is 0 Å². The quantitative estimate of drug-likeness (QED) is 0.576. The molecule has 4 nitrogen and oxygen atoms in total. The average molecular weight is 411 g/mol. The maximum atomic E-state index is 13.1. The molecule has 2 heterocycles. The minimum absolute atomic E-state index is 0.0342. The molecular formula is C23H22FNO3S. The van der Waals surface area contributed by atoms with Crippen LogP contribution in [-0.2, 0) is 4.74 Å². The second kappa shape index (κ2) is 9.20. The van der Waals surface area contributed by atoms with Crippen LogP contribution in [0.3, 0.4) is 0 Å². The van der Waals surface area contributed by atoms with E-state index in [9.17, 15) is 9.18 Å². The molecule has 1 aromatic heterocycles. The van der Waals surface area contributed by atoms with Crippen LogP contribution in [0.15, 0.2) is 66.0 Å². The van der Waals surface area contributed by atoms with E-state index < -0.39 is 0 Å². The Morgan fingerprint density at radius 2 is 1.86 bits per heavy atom. The van der Waals surface area contributed by atoms with Crippen molar-refractivity contribution in [2.45, 2.75) is 18.9 Å². The Balaban J connectivity index is 1.49. The smallest absolute Gasteiger partial charge is 0.251 e. The largest absolute Gasteiger partial charge is 0.457 e. The number of nitrogens with one attached hydrogen (secondary N) is 1. The monoisotopic (exact) mass is 411 g/mol. The van der Waals surface area contributed by atoms with E-state index in [4.69, 9.17) is 9.47 Å². The van der Waals surface area contributed by atoms with Crippen molar-refractivity contribution in [3.63, 3.8) is 0 Å². The zero-order valence-corrected chi connectivity index (χ0v) is 16.7. The normalized spacial score (nSPS) is 15.6. The summed E-state index contributed by atoms with van der Waals surface area (Å²) < 4.78 is 24.3. The van der Waals surface area contributed by atoms with Gasteiger partial charge in [0, 0.05) is 23.7 Å². The Kier molecular flexibility index (Phi) is 6.22. The Hall–Kier alpha value is -2.70. The number of hydrogen-bond acceptors (Lipinski definition) is 4. The van der Waals surface area contributed by atoms with E-state index in [1.54, 1.807) is 47.7 Å². The van der Waals surface area contributed by atoms with Gasteiger partial charge < -0.3 is 14.8 Å². The van der Waals surface area contributed by atoms with Crippen LogP contribution < -0.4 is 10.1 Å². The molecule has 4 rings (SSSR count). The first kappa shape index (κ1) is 19.6. The van der Waals surface area contributed by atoms with Gasteiger partial charge in [0.1, 0.15) is 17.3 Å². The fourth-order valence-corrected chi connectivity index (χ4v) is 4.37. The van der Waals surface area contributed by atoms with Gasteiger partial charge in [-0.05, 0) is 72.7 Å². The van der Waals surface area contributed by atoms with Gasteiger partial charge in [-0.3, -0.25) is 4.79 Å². The Morgan fingerprint density at radius 3 is 2.59 bits per heavy atom. The maximum Gasteiger partial charge on any atom is 0.251 e. The second-order valence-corrected chi connectivity index (χ2v) is 7.98. The van der Waals surface area contributed by atoms with Crippen molar-refractivity contribution in [3.05, 3.63) is 82.3 Å². The summed E-state index contributed by atoms with van der Waals surface area (Å²) in [6.07, 6.45) is 1.85. The van der Waals surface area contributed by atoms with Crippen molar-refractivity contribution in [3.8, 4) is 11.5 Å². The van der Waals surface area contributed by atoms with E-state index in [0.717, 1.165) is 30.9 Å². The molecule has 1 atom stereocenters. The number of thiophene rings is 1. The van der Waals surface area contributed by atoms with Crippen molar-refractivity contribution >= 4 is 17.2 Å². The molecule has 0 saturated carbocycles. The topological polar surface area (TPSA) is 47.6 Å².